The second kappa shape index (κ2) is 7.42. The number of nitrogens with one attached hydrogen (secondary N) is 2. The second-order valence-electron chi connectivity index (χ2n) is 5.20. The van der Waals surface area contributed by atoms with E-state index >= 15 is 0 Å². The molecule has 1 atom stereocenters. The van der Waals surface area contributed by atoms with Gasteiger partial charge >= 0.3 is 0 Å². The Morgan fingerprint density at radius 3 is 2.96 bits per heavy atom. The zero-order valence-electron chi connectivity index (χ0n) is 12.7. The molecule has 2 N–H and O–H groups in total. The highest BCUT2D eigenvalue weighted by Gasteiger charge is 2.12. The zero-order chi connectivity index (χ0) is 17.1. The molecule has 2 heterocycles. The summed E-state index contributed by atoms with van der Waals surface area (Å²) in [5, 5.41) is 4.76. The number of hydrogen-bond donors (Lipinski definition) is 2. The van der Waals surface area contributed by atoms with Crippen LogP contribution in [0.15, 0.2) is 41.7 Å². The number of fused-ring (bicyclic) bond motifs is 1. The van der Waals surface area contributed by atoms with Gasteiger partial charge in [0.25, 0.3) is 0 Å². The highest BCUT2D eigenvalue weighted by molar-refractivity contribution is 7.99. The summed E-state index contributed by atoms with van der Waals surface area (Å²) >= 11 is 13.2. The highest BCUT2D eigenvalue weighted by Crippen LogP contribution is 2.21. The van der Waals surface area contributed by atoms with Crippen LogP contribution < -0.4 is 5.32 Å². The van der Waals surface area contributed by atoms with E-state index in [0.29, 0.717) is 20.8 Å². The van der Waals surface area contributed by atoms with Crippen molar-refractivity contribution in [3.05, 3.63) is 52.1 Å². The number of benzene rings is 1. The van der Waals surface area contributed by atoms with Crippen LogP contribution >= 0.6 is 35.0 Å². The van der Waals surface area contributed by atoms with E-state index in [1.54, 1.807) is 18.3 Å². The Morgan fingerprint density at radius 1 is 1.33 bits per heavy atom. The lowest BCUT2D eigenvalue weighted by Crippen LogP contribution is -2.28. The molecule has 1 aromatic carbocycles. The number of halogens is 2. The fourth-order valence-corrected chi connectivity index (χ4v) is 3.24. The summed E-state index contributed by atoms with van der Waals surface area (Å²) in [7, 11) is 0. The predicted octanol–water partition coefficient (Wildman–Crippen LogP) is 4.23. The molecule has 8 heteroatoms. The number of carbonyl (C=O) groups excluding carboxylic acids is 1. The summed E-state index contributed by atoms with van der Waals surface area (Å²) in [6.07, 6.45) is 1.54. The van der Waals surface area contributed by atoms with E-state index in [-0.39, 0.29) is 17.7 Å². The van der Waals surface area contributed by atoms with Crippen molar-refractivity contribution in [2.75, 3.05) is 5.75 Å². The van der Waals surface area contributed by atoms with Crippen LogP contribution in [-0.2, 0) is 4.79 Å². The van der Waals surface area contributed by atoms with E-state index in [9.17, 15) is 4.79 Å². The largest absolute Gasteiger partial charge is 0.349 e. The van der Waals surface area contributed by atoms with Gasteiger partial charge in [0.1, 0.15) is 0 Å². The number of thioether (sulfide) groups is 1. The van der Waals surface area contributed by atoms with Gasteiger partial charge in [0.15, 0.2) is 10.8 Å². The van der Waals surface area contributed by atoms with Gasteiger partial charge in [0.05, 0.1) is 22.3 Å². The van der Waals surface area contributed by atoms with Crippen LogP contribution in [0.5, 0.6) is 0 Å². The Labute approximate surface area is 153 Å². The Morgan fingerprint density at radius 2 is 2.17 bits per heavy atom. The summed E-state index contributed by atoms with van der Waals surface area (Å²) in [5.41, 5.74) is 2.29. The number of imidazole rings is 1. The fourth-order valence-electron chi connectivity index (χ4n) is 2.20. The van der Waals surface area contributed by atoms with Crippen LogP contribution in [0, 0.1) is 0 Å². The minimum atomic E-state index is -0.118. The topological polar surface area (TPSA) is 70.7 Å². The van der Waals surface area contributed by atoms with Crippen LogP contribution in [0.25, 0.3) is 11.2 Å². The maximum Gasteiger partial charge on any atom is 0.230 e. The first kappa shape index (κ1) is 17.1. The Balaban J connectivity index is 1.58. The summed E-state index contributed by atoms with van der Waals surface area (Å²) in [5.74, 6) is 0.164. The van der Waals surface area contributed by atoms with Crippen molar-refractivity contribution in [3.8, 4) is 0 Å². The van der Waals surface area contributed by atoms with Crippen molar-refractivity contribution in [2.24, 2.45) is 0 Å². The Hall–Kier alpha value is -1.76. The number of rotatable bonds is 5. The van der Waals surface area contributed by atoms with E-state index in [0.717, 1.165) is 11.1 Å². The Bertz CT molecular complexity index is 883. The van der Waals surface area contributed by atoms with Crippen LogP contribution in [-0.4, -0.2) is 26.6 Å². The SMILES string of the molecule is C[C@H](NC(=O)CSc1nc2ncc(Cl)cc2[nH]1)c1cccc(Cl)c1. The first-order valence-corrected chi connectivity index (χ1v) is 8.94. The molecule has 0 fully saturated rings. The second-order valence-corrected chi connectivity index (χ2v) is 7.04. The number of amides is 1. The molecule has 0 unspecified atom stereocenters. The van der Waals surface area contributed by atoms with Crippen molar-refractivity contribution in [1.29, 1.82) is 0 Å². The van der Waals surface area contributed by atoms with E-state index in [1.165, 1.54) is 11.8 Å². The van der Waals surface area contributed by atoms with Gasteiger partial charge in [-0.1, -0.05) is 47.1 Å². The molecule has 0 aliphatic rings. The molecule has 0 aliphatic heterocycles. The molecule has 1 amide bonds. The minimum absolute atomic E-state index is 0.0843. The molecule has 124 valence electrons. The lowest BCUT2D eigenvalue weighted by Gasteiger charge is -2.14. The van der Waals surface area contributed by atoms with Crippen molar-refractivity contribution < 1.29 is 4.79 Å². The molecular weight excluding hydrogens is 367 g/mol. The van der Waals surface area contributed by atoms with Crippen LogP contribution in [0.2, 0.25) is 10.0 Å². The third-order valence-electron chi connectivity index (χ3n) is 3.35. The standard InChI is InChI=1S/C16H14Cl2N4OS/c1-9(10-3-2-4-11(17)5-10)20-14(23)8-24-16-21-13-6-12(18)7-19-15(13)22-16/h2-7,9H,8H2,1H3,(H,20,23)(H,19,21,22)/t9-/m0/s1. The number of nitrogens with zero attached hydrogens (tertiary/aromatic N) is 2. The highest BCUT2D eigenvalue weighted by atomic mass is 35.5. The molecule has 0 saturated heterocycles. The number of H-pyrrole nitrogens is 1. The number of hydrogen-bond acceptors (Lipinski definition) is 4. The van der Waals surface area contributed by atoms with Gasteiger partial charge in [0.2, 0.25) is 5.91 Å². The average Bonchev–Trinajstić information content (AvgIpc) is 2.95. The van der Waals surface area contributed by atoms with Gasteiger partial charge in [-0.2, -0.15) is 0 Å². The van der Waals surface area contributed by atoms with Gasteiger partial charge in [-0.15, -0.1) is 0 Å². The zero-order valence-corrected chi connectivity index (χ0v) is 15.0. The van der Waals surface area contributed by atoms with Crippen molar-refractivity contribution in [2.45, 2.75) is 18.1 Å². The average molecular weight is 381 g/mol. The molecule has 24 heavy (non-hydrogen) atoms. The van der Waals surface area contributed by atoms with Gasteiger partial charge < -0.3 is 10.3 Å². The van der Waals surface area contributed by atoms with Gasteiger partial charge in [-0.3, -0.25) is 4.79 Å². The molecule has 0 aliphatic carbocycles. The molecule has 5 nitrogen and oxygen atoms in total. The molecule has 2 aromatic heterocycles. The lowest BCUT2D eigenvalue weighted by molar-refractivity contribution is -0.119. The summed E-state index contributed by atoms with van der Waals surface area (Å²) in [6.45, 7) is 1.92. The van der Waals surface area contributed by atoms with Crippen molar-refractivity contribution in [1.82, 2.24) is 20.3 Å². The quantitative estimate of drug-likeness (QED) is 0.649. The van der Waals surface area contributed by atoms with Crippen LogP contribution in [0.4, 0.5) is 0 Å². The number of aromatic nitrogens is 3. The first-order chi connectivity index (χ1) is 11.5. The summed E-state index contributed by atoms with van der Waals surface area (Å²) in [6, 6.07) is 9.07. The number of pyridine rings is 1. The molecular formula is C16H14Cl2N4OS. The van der Waals surface area contributed by atoms with Crippen molar-refractivity contribution in [3.63, 3.8) is 0 Å². The van der Waals surface area contributed by atoms with Crippen LogP contribution in [0.1, 0.15) is 18.5 Å². The monoisotopic (exact) mass is 380 g/mol. The molecule has 0 bridgehead atoms. The molecule has 0 spiro atoms. The van der Waals surface area contributed by atoms with Crippen LogP contribution in [0.3, 0.4) is 0 Å². The summed E-state index contributed by atoms with van der Waals surface area (Å²) < 4.78 is 0. The third kappa shape index (κ3) is 4.20. The van der Waals surface area contributed by atoms with E-state index in [1.807, 2.05) is 25.1 Å². The predicted molar refractivity (Wildman–Crippen MR) is 97.6 cm³/mol. The molecule has 0 radical (unpaired) electrons. The van der Waals surface area contributed by atoms with Crippen molar-refractivity contribution >= 4 is 52.0 Å². The maximum absolute atomic E-state index is 12.1. The number of aromatic amines is 1. The minimum Gasteiger partial charge on any atom is -0.349 e. The van der Waals surface area contributed by atoms with E-state index < -0.39 is 0 Å². The summed E-state index contributed by atoms with van der Waals surface area (Å²) in [4.78, 5) is 23.6. The van der Waals surface area contributed by atoms with Gasteiger partial charge in [-0.25, -0.2) is 9.97 Å². The number of carbonyl (C=O) groups is 1. The third-order valence-corrected chi connectivity index (χ3v) is 4.66. The molecule has 0 saturated carbocycles. The van der Waals surface area contributed by atoms with Gasteiger partial charge in [-0.05, 0) is 30.7 Å². The van der Waals surface area contributed by atoms with E-state index in [2.05, 4.69) is 20.3 Å². The fraction of sp³-hybridized carbons (Fsp3) is 0.188. The Kier molecular flexibility index (Phi) is 5.28. The normalized spacial score (nSPS) is 12.3. The lowest BCUT2D eigenvalue weighted by atomic mass is 10.1. The van der Waals surface area contributed by atoms with E-state index in [4.69, 9.17) is 23.2 Å². The van der Waals surface area contributed by atoms with Gasteiger partial charge in [0, 0.05) is 11.2 Å². The molecule has 3 aromatic rings. The first-order valence-electron chi connectivity index (χ1n) is 7.20. The maximum atomic E-state index is 12.1. The molecule has 3 rings (SSSR count). The smallest absolute Gasteiger partial charge is 0.230 e.